The first-order valence-corrected chi connectivity index (χ1v) is 7.63. The summed E-state index contributed by atoms with van der Waals surface area (Å²) in [6, 6.07) is 7.46. The lowest BCUT2D eigenvalue weighted by atomic mass is 10.0. The number of hydrogen-bond acceptors (Lipinski definition) is 3. The summed E-state index contributed by atoms with van der Waals surface area (Å²) in [4.78, 5) is 2.37. The summed E-state index contributed by atoms with van der Waals surface area (Å²) in [5.74, 6) is 0.979. The standard InChI is InChI=1S/C17H30N2O/c1-7-13(3)19(5)12-16-11-15(14(4)18-8-2)9-10-17(16)20-6/h9-11,13-14,18H,7-8,12H2,1-6H3. The molecule has 1 N–H and O–H groups in total. The Morgan fingerprint density at radius 2 is 1.95 bits per heavy atom. The maximum atomic E-state index is 5.51. The van der Waals surface area contributed by atoms with Crippen LogP contribution in [0.4, 0.5) is 0 Å². The van der Waals surface area contributed by atoms with E-state index in [0.717, 1.165) is 25.3 Å². The molecule has 0 amide bonds. The van der Waals surface area contributed by atoms with Gasteiger partial charge in [0.2, 0.25) is 0 Å². The first-order chi connectivity index (χ1) is 9.53. The zero-order valence-electron chi connectivity index (χ0n) is 13.9. The van der Waals surface area contributed by atoms with Crippen molar-refractivity contribution in [2.75, 3.05) is 20.7 Å². The molecule has 0 saturated carbocycles. The zero-order chi connectivity index (χ0) is 15.1. The van der Waals surface area contributed by atoms with Gasteiger partial charge in [0.15, 0.2) is 0 Å². The van der Waals surface area contributed by atoms with Crippen LogP contribution in [0.15, 0.2) is 18.2 Å². The summed E-state index contributed by atoms with van der Waals surface area (Å²) in [5, 5.41) is 3.46. The van der Waals surface area contributed by atoms with Gasteiger partial charge in [0.25, 0.3) is 0 Å². The van der Waals surface area contributed by atoms with E-state index in [0.29, 0.717) is 12.1 Å². The largest absolute Gasteiger partial charge is 0.496 e. The van der Waals surface area contributed by atoms with Crippen LogP contribution in [-0.2, 0) is 6.54 Å². The van der Waals surface area contributed by atoms with Gasteiger partial charge in [-0.3, -0.25) is 4.90 Å². The van der Waals surface area contributed by atoms with Crippen LogP contribution in [0.5, 0.6) is 5.75 Å². The topological polar surface area (TPSA) is 24.5 Å². The molecule has 0 aliphatic heterocycles. The van der Waals surface area contributed by atoms with Gasteiger partial charge in [0.05, 0.1) is 7.11 Å². The van der Waals surface area contributed by atoms with Gasteiger partial charge in [-0.05, 0) is 51.6 Å². The van der Waals surface area contributed by atoms with Gasteiger partial charge in [0.1, 0.15) is 5.75 Å². The molecule has 0 heterocycles. The third-order valence-corrected chi connectivity index (χ3v) is 4.08. The highest BCUT2D eigenvalue weighted by molar-refractivity contribution is 5.38. The summed E-state index contributed by atoms with van der Waals surface area (Å²) in [7, 11) is 3.92. The molecule has 0 fully saturated rings. The number of nitrogens with zero attached hydrogens (tertiary/aromatic N) is 1. The van der Waals surface area contributed by atoms with Crippen molar-refractivity contribution in [3.8, 4) is 5.75 Å². The fourth-order valence-corrected chi connectivity index (χ4v) is 2.35. The lowest BCUT2D eigenvalue weighted by Gasteiger charge is -2.25. The van der Waals surface area contributed by atoms with Gasteiger partial charge < -0.3 is 10.1 Å². The fraction of sp³-hybridized carbons (Fsp3) is 0.647. The van der Waals surface area contributed by atoms with Crippen LogP contribution in [0.2, 0.25) is 0 Å². The van der Waals surface area contributed by atoms with E-state index in [1.807, 2.05) is 0 Å². The number of methoxy groups -OCH3 is 1. The van der Waals surface area contributed by atoms with Crippen molar-refractivity contribution in [3.05, 3.63) is 29.3 Å². The number of benzene rings is 1. The maximum absolute atomic E-state index is 5.51. The third kappa shape index (κ3) is 4.50. The van der Waals surface area contributed by atoms with E-state index < -0.39 is 0 Å². The molecule has 114 valence electrons. The molecule has 1 rings (SSSR count). The van der Waals surface area contributed by atoms with E-state index in [4.69, 9.17) is 4.74 Å². The summed E-state index contributed by atoms with van der Waals surface area (Å²) in [5.41, 5.74) is 2.58. The van der Waals surface area contributed by atoms with Crippen molar-refractivity contribution < 1.29 is 4.74 Å². The van der Waals surface area contributed by atoms with Crippen molar-refractivity contribution in [1.82, 2.24) is 10.2 Å². The molecule has 20 heavy (non-hydrogen) atoms. The van der Waals surface area contributed by atoms with Gasteiger partial charge in [-0.25, -0.2) is 0 Å². The van der Waals surface area contributed by atoms with Gasteiger partial charge >= 0.3 is 0 Å². The molecule has 2 atom stereocenters. The second kappa shape index (κ2) is 8.28. The van der Waals surface area contributed by atoms with Crippen LogP contribution in [-0.4, -0.2) is 31.6 Å². The van der Waals surface area contributed by atoms with Crippen LogP contribution < -0.4 is 10.1 Å². The molecule has 0 spiro atoms. The minimum absolute atomic E-state index is 0.374. The predicted octanol–water partition coefficient (Wildman–Crippen LogP) is 3.60. The van der Waals surface area contributed by atoms with E-state index >= 15 is 0 Å². The molecule has 0 aliphatic carbocycles. The Labute approximate surface area is 124 Å². The van der Waals surface area contributed by atoms with Crippen LogP contribution in [0, 0.1) is 0 Å². The van der Waals surface area contributed by atoms with Gasteiger partial charge in [0, 0.05) is 24.2 Å². The summed E-state index contributed by atoms with van der Waals surface area (Å²) < 4.78 is 5.51. The monoisotopic (exact) mass is 278 g/mol. The Kier molecular flexibility index (Phi) is 7.03. The van der Waals surface area contributed by atoms with Crippen LogP contribution in [0.3, 0.4) is 0 Å². The highest BCUT2D eigenvalue weighted by Gasteiger charge is 2.13. The van der Waals surface area contributed by atoms with Crippen molar-refractivity contribution in [3.63, 3.8) is 0 Å². The van der Waals surface area contributed by atoms with Crippen molar-refractivity contribution in [2.24, 2.45) is 0 Å². The highest BCUT2D eigenvalue weighted by atomic mass is 16.5. The summed E-state index contributed by atoms with van der Waals surface area (Å²) >= 11 is 0. The molecule has 1 aromatic rings. The molecular formula is C17H30N2O. The number of rotatable bonds is 8. The minimum atomic E-state index is 0.374. The first-order valence-electron chi connectivity index (χ1n) is 7.63. The predicted molar refractivity (Wildman–Crippen MR) is 86.3 cm³/mol. The fourth-order valence-electron chi connectivity index (χ4n) is 2.35. The van der Waals surface area contributed by atoms with Crippen LogP contribution in [0.1, 0.15) is 51.3 Å². The molecule has 1 aromatic carbocycles. The Morgan fingerprint density at radius 1 is 1.25 bits per heavy atom. The van der Waals surface area contributed by atoms with Gasteiger partial charge in [-0.15, -0.1) is 0 Å². The molecule has 0 bridgehead atoms. The highest BCUT2D eigenvalue weighted by Crippen LogP contribution is 2.25. The van der Waals surface area contributed by atoms with E-state index in [1.54, 1.807) is 7.11 Å². The second-order valence-electron chi connectivity index (χ2n) is 5.52. The lowest BCUT2D eigenvalue weighted by Crippen LogP contribution is -2.28. The number of ether oxygens (including phenoxy) is 1. The smallest absolute Gasteiger partial charge is 0.123 e. The van der Waals surface area contributed by atoms with E-state index in [1.165, 1.54) is 11.1 Å². The van der Waals surface area contributed by atoms with Crippen LogP contribution in [0.25, 0.3) is 0 Å². The molecule has 0 aromatic heterocycles. The molecular weight excluding hydrogens is 248 g/mol. The molecule has 0 aliphatic rings. The Hall–Kier alpha value is -1.06. The van der Waals surface area contributed by atoms with E-state index in [9.17, 15) is 0 Å². The SMILES string of the molecule is CCNC(C)c1ccc(OC)c(CN(C)C(C)CC)c1. The number of hydrogen-bond donors (Lipinski definition) is 1. The van der Waals surface area contributed by atoms with Crippen molar-refractivity contribution in [2.45, 2.75) is 52.7 Å². The summed E-state index contributed by atoms with van der Waals surface area (Å²) in [6.07, 6.45) is 1.16. The van der Waals surface area contributed by atoms with E-state index in [2.05, 4.69) is 63.2 Å². The molecule has 3 nitrogen and oxygen atoms in total. The normalized spacial score (nSPS) is 14.3. The van der Waals surface area contributed by atoms with Gasteiger partial charge in [-0.1, -0.05) is 19.9 Å². The molecule has 0 saturated heterocycles. The average Bonchev–Trinajstić information content (AvgIpc) is 2.46. The van der Waals surface area contributed by atoms with Crippen molar-refractivity contribution in [1.29, 1.82) is 0 Å². The minimum Gasteiger partial charge on any atom is -0.496 e. The van der Waals surface area contributed by atoms with E-state index in [-0.39, 0.29) is 0 Å². The molecule has 3 heteroatoms. The van der Waals surface area contributed by atoms with Crippen LogP contribution >= 0.6 is 0 Å². The van der Waals surface area contributed by atoms with Gasteiger partial charge in [-0.2, -0.15) is 0 Å². The quantitative estimate of drug-likeness (QED) is 0.786. The lowest BCUT2D eigenvalue weighted by molar-refractivity contribution is 0.240. The first kappa shape index (κ1) is 17.0. The Morgan fingerprint density at radius 3 is 2.50 bits per heavy atom. The second-order valence-corrected chi connectivity index (χ2v) is 5.52. The zero-order valence-corrected chi connectivity index (χ0v) is 13.9. The Balaban J connectivity index is 2.94. The number of nitrogens with one attached hydrogen (secondary N) is 1. The van der Waals surface area contributed by atoms with Crippen molar-refractivity contribution >= 4 is 0 Å². The third-order valence-electron chi connectivity index (χ3n) is 4.08. The molecule has 2 unspecified atom stereocenters. The molecule has 0 radical (unpaired) electrons. The summed E-state index contributed by atoms with van der Waals surface area (Å²) in [6.45, 7) is 10.7. The average molecular weight is 278 g/mol. The maximum Gasteiger partial charge on any atom is 0.123 e. The Bertz CT molecular complexity index is 406.